The highest BCUT2D eigenvalue weighted by atomic mass is 19.2. The van der Waals surface area contributed by atoms with E-state index in [0.29, 0.717) is 6.54 Å². The summed E-state index contributed by atoms with van der Waals surface area (Å²) in [5.41, 5.74) is 5.56. The first-order valence-corrected chi connectivity index (χ1v) is 4.73. The summed E-state index contributed by atoms with van der Waals surface area (Å²) >= 11 is 0. The van der Waals surface area contributed by atoms with Crippen molar-refractivity contribution in [1.29, 1.82) is 0 Å². The Bertz CT molecular complexity index is 366. The molecule has 0 aromatic heterocycles. The summed E-state index contributed by atoms with van der Waals surface area (Å²) in [5, 5.41) is 0. The van der Waals surface area contributed by atoms with E-state index in [1.165, 1.54) is 6.07 Å². The zero-order valence-electron chi connectivity index (χ0n) is 8.47. The first kappa shape index (κ1) is 11.8. The fourth-order valence-corrected chi connectivity index (χ4v) is 1.19. The summed E-state index contributed by atoms with van der Waals surface area (Å²) in [6.45, 7) is 2.23. The number of hydrogen-bond acceptors (Lipinski definition) is 2. The van der Waals surface area contributed by atoms with E-state index < -0.39 is 11.6 Å². The van der Waals surface area contributed by atoms with E-state index >= 15 is 0 Å². The number of benzene rings is 1. The van der Waals surface area contributed by atoms with Crippen LogP contribution in [0.5, 0.6) is 0 Å². The molecule has 0 aliphatic rings. The van der Waals surface area contributed by atoms with Crippen molar-refractivity contribution in [2.75, 3.05) is 6.54 Å². The third-order valence-corrected chi connectivity index (χ3v) is 2.18. The molecule has 1 aromatic rings. The molecule has 0 saturated heterocycles. The van der Waals surface area contributed by atoms with E-state index in [1.807, 2.05) is 6.92 Å². The zero-order chi connectivity index (χ0) is 11.4. The highest BCUT2D eigenvalue weighted by Gasteiger charge is 2.12. The SMILES string of the molecule is CC(CN)CC(=O)c1ccc(F)c(F)c1. The molecule has 0 radical (unpaired) electrons. The van der Waals surface area contributed by atoms with Gasteiger partial charge in [-0.15, -0.1) is 0 Å². The number of nitrogens with two attached hydrogens (primary N) is 1. The lowest BCUT2D eigenvalue weighted by atomic mass is 10.00. The third-order valence-electron chi connectivity index (χ3n) is 2.18. The molecular weight excluding hydrogens is 200 g/mol. The van der Waals surface area contributed by atoms with Gasteiger partial charge in [-0.05, 0) is 30.7 Å². The van der Waals surface area contributed by atoms with Crippen molar-refractivity contribution in [3.8, 4) is 0 Å². The summed E-state index contributed by atoms with van der Waals surface area (Å²) in [6.07, 6.45) is 0.252. The number of rotatable bonds is 4. The zero-order valence-corrected chi connectivity index (χ0v) is 8.47. The summed E-state index contributed by atoms with van der Waals surface area (Å²) in [4.78, 5) is 11.5. The average molecular weight is 213 g/mol. The van der Waals surface area contributed by atoms with Crippen LogP contribution >= 0.6 is 0 Å². The molecule has 0 aliphatic heterocycles. The molecule has 15 heavy (non-hydrogen) atoms. The second-order valence-electron chi connectivity index (χ2n) is 3.60. The van der Waals surface area contributed by atoms with Crippen LogP contribution in [0, 0.1) is 17.6 Å². The van der Waals surface area contributed by atoms with Crippen molar-refractivity contribution in [2.45, 2.75) is 13.3 Å². The van der Waals surface area contributed by atoms with Crippen molar-refractivity contribution in [3.63, 3.8) is 0 Å². The Morgan fingerprint density at radius 1 is 1.40 bits per heavy atom. The van der Waals surface area contributed by atoms with Crippen LogP contribution in [0.25, 0.3) is 0 Å². The van der Waals surface area contributed by atoms with Crippen molar-refractivity contribution in [1.82, 2.24) is 0 Å². The lowest BCUT2D eigenvalue weighted by molar-refractivity contribution is 0.0965. The predicted octanol–water partition coefficient (Wildman–Crippen LogP) is 2.13. The minimum absolute atomic E-state index is 0.0469. The smallest absolute Gasteiger partial charge is 0.163 e. The Labute approximate surface area is 87.1 Å². The molecule has 4 heteroatoms. The molecule has 1 unspecified atom stereocenters. The van der Waals surface area contributed by atoms with Gasteiger partial charge in [-0.3, -0.25) is 4.79 Å². The van der Waals surface area contributed by atoms with Gasteiger partial charge in [0.15, 0.2) is 17.4 Å². The number of ketones is 1. The second kappa shape index (κ2) is 4.98. The van der Waals surface area contributed by atoms with E-state index in [1.54, 1.807) is 0 Å². The molecule has 1 aromatic carbocycles. The molecule has 0 heterocycles. The van der Waals surface area contributed by atoms with E-state index in [-0.39, 0.29) is 23.7 Å². The Morgan fingerprint density at radius 2 is 2.07 bits per heavy atom. The fourth-order valence-electron chi connectivity index (χ4n) is 1.19. The fraction of sp³-hybridized carbons (Fsp3) is 0.364. The van der Waals surface area contributed by atoms with Crippen LogP contribution < -0.4 is 5.73 Å². The first-order chi connectivity index (χ1) is 7.04. The van der Waals surface area contributed by atoms with Gasteiger partial charge < -0.3 is 5.73 Å². The largest absolute Gasteiger partial charge is 0.330 e. The highest BCUT2D eigenvalue weighted by molar-refractivity contribution is 5.96. The Morgan fingerprint density at radius 3 is 2.60 bits per heavy atom. The average Bonchev–Trinajstić information content (AvgIpc) is 2.21. The standard InChI is InChI=1S/C11H13F2NO/c1-7(6-14)4-11(15)8-2-3-9(12)10(13)5-8/h2-3,5,7H,4,6,14H2,1H3. The van der Waals surface area contributed by atoms with Gasteiger partial charge in [0.25, 0.3) is 0 Å². The quantitative estimate of drug-likeness (QED) is 0.778. The van der Waals surface area contributed by atoms with E-state index in [4.69, 9.17) is 5.73 Å². The van der Waals surface area contributed by atoms with Crippen LogP contribution in [-0.4, -0.2) is 12.3 Å². The molecule has 1 atom stereocenters. The molecule has 1 rings (SSSR count). The summed E-state index contributed by atoms with van der Waals surface area (Å²) in [5.74, 6) is -2.11. The van der Waals surface area contributed by atoms with Gasteiger partial charge in [0, 0.05) is 12.0 Å². The topological polar surface area (TPSA) is 43.1 Å². The summed E-state index contributed by atoms with van der Waals surface area (Å²) < 4.78 is 25.4. The maximum absolute atomic E-state index is 12.8. The highest BCUT2D eigenvalue weighted by Crippen LogP contribution is 2.12. The maximum atomic E-state index is 12.8. The number of carbonyl (C=O) groups excluding carboxylic acids is 1. The monoisotopic (exact) mass is 213 g/mol. The van der Waals surface area contributed by atoms with Crippen LogP contribution in [0.3, 0.4) is 0 Å². The predicted molar refractivity (Wildman–Crippen MR) is 53.5 cm³/mol. The van der Waals surface area contributed by atoms with Crippen LogP contribution in [0.4, 0.5) is 8.78 Å². The van der Waals surface area contributed by atoms with E-state index in [0.717, 1.165) is 12.1 Å². The summed E-state index contributed by atoms with van der Waals surface area (Å²) in [7, 11) is 0. The van der Waals surface area contributed by atoms with Crippen LogP contribution in [0.2, 0.25) is 0 Å². The van der Waals surface area contributed by atoms with Crippen molar-refractivity contribution in [2.24, 2.45) is 11.7 Å². The van der Waals surface area contributed by atoms with Crippen LogP contribution in [-0.2, 0) is 0 Å². The van der Waals surface area contributed by atoms with Crippen LogP contribution in [0.15, 0.2) is 18.2 Å². The molecule has 0 fully saturated rings. The molecule has 0 saturated carbocycles. The Hall–Kier alpha value is -1.29. The van der Waals surface area contributed by atoms with E-state index in [9.17, 15) is 13.6 Å². The number of carbonyl (C=O) groups is 1. The maximum Gasteiger partial charge on any atom is 0.163 e. The number of Topliss-reactive ketones (excluding diaryl/α,β-unsaturated/α-hetero) is 1. The number of halogens is 2. The molecular formula is C11H13F2NO. The molecule has 0 amide bonds. The van der Waals surface area contributed by atoms with E-state index in [2.05, 4.69) is 0 Å². The van der Waals surface area contributed by atoms with Crippen LogP contribution in [0.1, 0.15) is 23.7 Å². The normalized spacial score (nSPS) is 12.5. The second-order valence-corrected chi connectivity index (χ2v) is 3.60. The lowest BCUT2D eigenvalue weighted by Gasteiger charge is -2.07. The molecule has 2 nitrogen and oxygen atoms in total. The lowest BCUT2D eigenvalue weighted by Crippen LogP contribution is -2.15. The van der Waals surface area contributed by atoms with Crippen molar-refractivity contribution >= 4 is 5.78 Å². The minimum atomic E-state index is -0.999. The van der Waals surface area contributed by atoms with Crippen molar-refractivity contribution < 1.29 is 13.6 Å². The van der Waals surface area contributed by atoms with Gasteiger partial charge >= 0.3 is 0 Å². The third kappa shape index (κ3) is 3.09. The van der Waals surface area contributed by atoms with Gasteiger partial charge in [-0.25, -0.2) is 8.78 Å². The molecule has 2 N–H and O–H groups in total. The molecule has 82 valence electrons. The van der Waals surface area contributed by atoms with Gasteiger partial charge in [0.05, 0.1) is 0 Å². The molecule has 0 spiro atoms. The van der Waals surface area contributed by atoms with Gasteiger partial charge in [-0.1, -0.05) is 6.92 Å². The Balaban J connectivity index is 2.78. The Kier molecular flexibility index (Phi) is 3.91. The number of hydrogen-bond donors (Lipinski definition) is 1. The van der Waals surface area contributed by atoms with Gasteiger partial charge in [-0.2, -0.15) is 0 Å². The first-order valence-electron chi connectivity index (χ1n) is 4.73. The minimum Gasteiger partial charge on any atom is -0.330 e. The van der Waals surface area contributed by atoms with Gasteiger partial charge in [0.1, 0.15) is 0 Å². The summed E-state index contributed by atoms with van der Waals surface area (Å²) in [6, 6.07) is 3.15. The molecule has 0 bridgehead atoms. The van der Waals surface area contributed by atoms with Crippen molar-refractivity contribution in [3.05, 3.63) is 35.4 Å². The van der Waals surface area contributed by atoms with Gasteiger partial charge in [0.2, 0.25) is 0 Å². The molecule has 0 aliphatic carbocycles.